The van der Waals surface area contributed by atoms with Gasteiger partial charge in [0.1, 0.15) is 5.82 Å². The summed E-state index contributed by atoms with van der Waals surface area (Å²) in [6, 6.07) is 10.3. The van der Waals surface area contributed by atoms with Gasteiger partial charge in [-0.2, -0.15) is 0 Å². The van der Waals surface area contributed by atoms with E-state index in [4.69, 9.17) is 16.3 Å². The third-order valence-electron chi connectivity index (χ3n) is 5.95. The number of hydrogen-bond acceptors (Lipinski definition) is 6. The number of carbonyl (C=O) groups excluding carboxylic acids is 1. The number of hydrogen-bond donors (Lipinski definition) is 2. The maximum absolute atomic E-state index is 12.9. The number of carbonyl (C=O) groups is 1. The zero-order valence-corrected chi connectivity index (χ0v) is 20.3. The number of amides is 1. The van der Waals surface area contributed by atoms with E-state index >= 15 is 0 Å². The molecule has 0 atom stereocenters. The van der Waals surface area contributed by atoms with E-state index in [0.717, 1.165) is 43.9 Å². The van der Waals surface area contributed by atoms with E-state index in [1.807, 2.05) is 29.8 Å². The molecule has 0 unspecified atom stereocenters. The predicted molar refractivity (Wildman–Crippen MR) is 132 cm³/mol. The van der Waals surface area contributed by atoms with Crippen LogP contribution in [0.4, 0.5) is 17.1 Å². The summed E-state index contributed by atoms with van der Waals surface area (Å²) in [5.41, 5.74) is 3.34. The van der Waals surface area contributed by atoms with Crippen LogP contribution in [0, 0.1) is 12.3 Å². The highest BCUT2D eigenvalue weighted by molar-refractivity contribution is 7.92. The maximum Gasteiger partial charge on any atom is 0.257 e. The average molecular weight is 502 g/mol. The van der Waals surface area contributed by atoms with Crippen LogP contribution in [0.1, 0.15) is 16.1 Å². The minimum Gasteiger partial charge on any atom is -0.380 e. The molecule has 0 radical (unpaired) electrons. The van der Waals surface area contributed by atoms with Crippen molar-refractivity contribution in [2.45, 2.75) is 6.92 Å². The average Bonchev–Trinajstić information content (AvgIpc) is 3.06. The Morgan fingerprint density at radius 1 is 1.15 bits per heavy atom. The Bertz CT molecular complexity index is 1360. The summed E-state index contributed by atoms with van der Waals surface area (Å²) in [6.45, 7) is 5.56. The molecule has 0 aliphatic carbocycles. The lowest BCUT2D eigenvalue weighted by atomic mass is 9.78. The molecule has 3 aromatic rings. The van der Waals surface area contributed by atoms with Gasteiger partial charge in [0.2, 0.25) is 10.0 Å². The first-order valence-corrected chi connectivity index (χ1v) is 12.9. The van der Waals surface area contributed by atoms with Crippen LogP contribution in [0.3, 0.4) is 0 Å². The number of nitrogens with zero attached hydrogens (tertiary/aromatic N) is 3. The predicted octanol–water partition coefficient (Wildman–Crippen LogP) is 3.29. The molecule has 1 aromatic carbocycles. The molecule has 9 nitrogen and oxygen atoms in total. The monoisotopic (exact) mass is 501 g/mol. The van der Waals surface area contributed by atoms with Crippen LogP contribution >= 0.6 is 11.6 Å². The lowest BCUT2D eigenvalue weighted by molar-refractivity contribution is -0.127. The molecule has 2 saturated heterocycles. The van der Waals surface area contributed by atoms with Crippen molar-refractivity contribution in [1.29, 1.82) is 0 Å². The van der Waals surface area contributed by atoms with Gasteiger partial charge in [-0.1, -0.05) is 11.6 Å². The van der Waals surface area contributed by atoms with Crippen molar-refractivity contribution in [2.75, 3.05) is 47.5 Å². The summed E-state index contributed by atoms with van der Waals surface area (Å²) in [5.74, 6) is 0.365. The summed E-state index contributed by atoms with van der Waals surface area (Å²) < 4.78 is 32.6. The van der Waals surface area contributed by atoms with Crippen molar-refractivity contribution < 1.29 is 17.9 Å². The summed E-state index contributed by atoms with van der Waals surface area (Å²) in [7, 11) is -3.48. The van der Waals surface area contributed by atoms with Gasteiger partial charge in [-0.25, -0.2) is 13.4 Å². The van der Waals surface area contributed by atoms with E-state index in [1.54, 1.807) is 18.3 Å². The van der Waals surface area contributed by atoms with E-state index in [2.05, 4.69) is 19.9 Å². The Morgan fingerprint density at radius 3 is 2.50 bits per heavy atom. The fourth-order valence-corrected chi connectivity index (χ4v) is 5.09. The van der Waals surface area contributed by atoms with Crippen LogP contribution in [0.5, 0.6) is 0 Å². The number of halogens is 1. The van der Waals surface area contributed by atoms with E-state index < -0.39 is 10.0 Å². The maximum atomic E-state index is 12.9. The van der Waals surface area contributed by atoms with Crippen LogP contribution < -0.4 is 14.9 Å². The number of aromatic nitrogens is 2. The molecule has 11 heteroatoms. The van der Waals surface area contributed by atoms with Crippen LogP contribution in [0.2, 0.25) is 5.02 Å². The van der Waals surface area contributed by atoms with Crippen molar-refractivity contribution in [2.24, 2.45) is 5.41 Å². The molecule has 2 aliphatic rings. The second-order valence-electron chi connectivity index (χ2n) is 9.02. The van der Waals surface area contributed by atoms with Gasteiger partial charge in [-0.05, 0) is 43.3 Å². The number of ether oxygens (including phenoxy) is 1. The van der Waals surface area contributed by atoms with Crippen LogP contribution in [-0.2, 0) is 14.8 Å². The normalized spacial score (nSPS) is 16.6. The molecule has 2 aliphatic heterocycles. The topological polar surface area (TPSA) is 106 Å². The Kier molecular flexibility index (Phi) is 5.54. The van der Waals surface area contributed by atoms with Gasteiger partial charge in [-0.15, -0.1) is 0 Å². The fourth-order valence-electron chi connectivity index (χ4n) is 4.31. The largest absolute Gasteiger partial charge is 0.380 e. The molecule has 2 N–H and O–H groups in total. The first-order valence-electron chi connectivity index (χ1n) is 10.7. The highest BCUT2D eigenvalue weighted by atomic mass is 35.5. The molecule has 0 bridgehead atoms. The fraction of sp³-hybridized carbons (Fsp3) is 0.304. The second kappa shape index (κ2) is 8.30. The molecule has 2 fully saturated rings. The van der Waals surface area contributed by atoms with Crippen molar-refractivity contribution >= 4 is 44.6 Å². The highest BCUT2D eigenvalue weighted by Crippen LogP contribution is 2.40. The van der Waals surface area contributed by atoms with Gasteiger partial charge >= 0.3 is 0 Å². The Balaban J connectivity index is 1.29. The second-order valence-corrected chi connectivity index (χ2v) is 11.2. The van der Waals surface area contributed by atoms with E-state index in [1.165, 1.54) is 12.1 Å². The molecule has 2 aromatic heterocycles. The molecule has 178 valence electrons. The third kappa shape index (κ3) is 4.61. The van der Waals surface area contributed by atoms with E-state index in [0.29, 0.717) is 27.5 Å². The van der Waals surface area contributed by atoms with E-state index in [9.17, 15) is 13.2 Å². The van der Waals surface area contributed by atoms with Gasteiger partial charge in [0.05, 0.1) is 48.0 Å². The van der Waals surface area contributed by atoms with Crippen LogP contribution in [0.15, 0.2) is 48.8 Å². The zero-order chi connectivity index (χ0) is 24.1. The molecule has 5 rings (SSSR count). The number of aryl methyl sites for hydroxylation is 1. The zero-order valence-electron chi connectivity index (χ0n) is 18.7. The number of nitrogens with one attached hydrogen (secondary N) is 2. The van der Waals surface area contributed by atoms with Crippen molar-refractivity contribution in [3.05, 3.63) is 65.1 Å². The molecule has 1 amide bonds. The van der Waals surface area contributed by atoms with Crippen molar-refractivity contribution in [3.8, 4) is 5.82 Å². The standard InChI is InChI=1S/C23H24ClN5O4S/c1-15-5-16(22(30)26-18-6-17(24)7-19(8-18)27-34(2,31)32)10-29(15)21-4-3-20(9-25-21)28-11-23(12-28)13-33-14-23/h3-10,27H,11-14H2,1-2H3,(H,26,30). The third-order valence-corrected chi connectivity index (χ3v) is 6.77. The van der Waals surface area contributed by atoms with Gasteiger partial charge in [0.25, 0.3) is 5.91 Å². The number of benzene rings is 1. The molecule has 1 spiro atoms. The van der Waals surface area contributed by atoms with Gasteiger partial charge in [0, 0.05) is 35.7 Å². The smallest absolute Gasteiger partial charge is 0.257 e. The Morgan fingerprint density at radius 2 is 1.88 bits per heavy atom. The summed E-state index contributed by atoms with van der Waals surface area (Å²) >= 11 is 6.09. The molecular weight excluding hydrogens is 478 g/mol. The summed E-state index contributed by atoms with van der Waals surface area (Å²) in [6.07, 6.45) is 4.61. The first kappa shape index (κ1) is 22.7. The molecule has 0 saturated carbocycles. The highest BCUT2D eigenvalue weighted by Gasteiger charge is 2.49. The Labute approximate surface area is 202 Å². The lowest BCUT2D eigenvalue weighted by Gasteiger charge is -2.55. The Hall–Kier alpha value is -3.08. The summed E-state index contributed by atoms with van der Waals surface area (Å²) in [4.78, 5) is 19.7. The number of pyridine rings is 1. The summed E-state index contributed by atoms with van der Waals surface area (Å²) in [5, 5.41) is 3.06. The van der Waals surface area contributed by atoms with Gasteiger partial charge in [-0.3, -0.25) is 9.52 Å². The molecule has 34 heavy (non-hydrogen) atoms. The number of rotatable bonds is 6. The number of anilines is 3. The molecular formula is C23H24ClN5O4S. The minimum absolute atomic E-state index is 0.265. The van der Waals surface area contributed by atoms with Crippen molar-refractivity contribution in [3.63, 3.8) is 0 Å². The quantitative estimate of drug-likeness (QED) is 0.537. The first-order chi connectivity index (χ1) is 16.1. The van der Waals surface area contributed by atoms with Gasteiger partial charge < -0.3 is 19.5 Å². The molecule has 4 heterocycles. The minimum atomic E-state index is -3.48. The van der Waals surface area contributed by atoms with E-state index in [-0.39, 0.29) is 11.6 Å². The number of sulfonamides is 1. The van der Waals surface area contributed by atoms with Crippen LogP contribution in [-0.4, -0.2) is 56.4 Å². The van der Waals surface area contributed by atoms with Crippen molar-refractivity contribution in [1.82, 2.24) is 9.55 Å². The SMILES string of the molecule is Cc1cc(C(=O)Nc2cc(Cl)cc(NS(C)(=O)=O)c2)cn1-c1ccc(N2CC3(COC3)C2)cn1. The van der Waals surface area contributed by atoms with Crippen LogP contribution in [0.25, 0.3) is 5.82 Å². The lowest BCUT2D eigenvalue weighted by Crippen LogP contribution is -2.66. The van der Waals surface area contributed by atoms with Gasteiger partial charge in [0.15, 0.2) is 0 Å².